The van der Waals surface area contributed by atoms with Crippen molar-refractivity contribution in [2.75, 3.05) is 25.5 Å². The van der Waals surface area contributed by atoms with Gasteiger partial charge in [0.2, 0.25) is 0 Å². The van der Waals surface area contributed by atoms with E-state index >= 15 is 0 Å². The van der Waals surface area contributed by atoms with Gasteiger partial charge in [0.25, 0.3) is 0 Å². The van der Waals surface area contributed by atoms with Crippen LogP contribution < -0.4 is 5.32 Å². The van der Waals surface area contributed by atoms with Crippen molar-refractivity contribution in [3.8, 4) is 0 Å². The number of halogens is 1. The Kier molecular flexibility index (Phi) is 3.58. The van der Waals surface area contributed by atoms with Gasteiger partial charge in [-0.15, -0.1) is 0 Å². The molecule has 3 nitrogen and oxygen atoms in total. The summed E-state index contributed by atoms with van der Waals surface area (Å²) in [5.74, 6) is 0. The standard InChI is InChI=1S/C15H18ClN3/c1-19-8-2-3-12(19)10-18-14-6-7-17-15-9-11(16)4-5-13(14)15/h4-7,9,12H,2-3,8,10H2,1H3,(H,17,18)/t12-/m1/s1. The van der Waals surface area contributed by atoms with E-state index in [0.717, 1.165) is 28.2 Å². The van der Waals surface area contributed by atoms with Crippen LogP contribution in [0.15, 0.2) is 30.5 Å². The maximum absolute atomic E-state index is 6.00. The summed E-state index contributed by atoms with van der Waals surface area (Å²) >= 11 is 6.00. The van der Waals surface area contributed by atoms with Crippen molar-refractivity contribution < 1.29 is 0 Å². The molecule has 0 radical (unpaired) electrons. The van der Waals surface area contributed by atoms with Crippen molar-refractivity contribution >= 4 is 28.2 Å². The highest BCUT2D eigenvalue weighted by molar-refractivity contribution is 6.31. The Bertz CT molecular complexity index is 585. The molecule has 2 heterocycles. The second kappa shape index (κ2) is 5.35. The predicted octanol–water partition coefficient (Wildman–Crippen LogP) is 3.39. The lowest BCUT2D eigenvalue weighted by atomic mass is 10.1. The molecule has 0 unspecified atom stereocenters. The van der Waals surface area contributed by atoms with Crippen LogP contribution in [0.1, 0.15) is 12.8 Å². The molecular weight excluding hydrogens is 258 g/mol. The average Bonchev–Trinajstić information content (AvgIpc) is 2.81. The van der Waals surface area contributed by atoms with Gasteiger partial charge in [0, 0.05) is 34.9 Å². The first kappa shape index (κ1) is 12.7. The van der Waals surface area contributed by atoms with E-state index in [4.69, 9.17) is 11.6 Å². The Hall–Kier alpha value is -1.32. The summed E-state index contributed by atoms with van der Waals surface area (Å²) in [6.45, 7) is 2.19. The number of nitrogens with one attached hydrogen (secondary N) is 1. The van der Waals surface area contributed by atoms with Crippen LogP contribution in [0.4, 0.5) is 5.69 Å². The number of pyridine rings is 1. The minimum absolute atomic E-state index is 0.635. The molecule has 0 spiro atoms. The smallest absolute Gasteiger partial charge is 0.0737 e. The zero-order valence-corrected chi connectivity index (χ0v) is 11.8. The molecule has 1 N–H and O–H groups in total. The van der Waals surface area contributed by atoms with E-state index in [1.165, 1.54) is 19.4 Å². The average molecular weight is 276 g/mol. The minimum Gasteiger partial charge on any atom is -0.383 e. The molecule has 1 aliphatic rings. The van der Waals surface area contributed by atoms with E-state index in [9.17, 15) is 0 Å². The maximum atomic E-state index is 6.00. The molecule has 19 heavy (non-hydrogen) atoms. The molecule has 4 heteroatoms. The van der Waals surface area contributed by atoms with E-state index in [2.05, 4.69) is 22.2 Å². The van der Waals surface area contributed by atoms with Gasteiger partial charge in [-0.2, -0.15) is 0 Å². The van der Waals surface area contributed by atoms with Crippen molar-refractivity contribution in [2.24, 2.45) is 0 Å². The quantitative estimate of drug-likeness (QED) is 0.931. The first-order chi connectivity index (χ1) is 9.24. The molecule has 1 aliphatic heterocycles. The lowest BCUT2D eigenvalue weighted by Crippen LogP contribution is -2.31. The Morgan fingerprint density at radius 1 is 1.42 bits per heavy atom. The molecule has 1 aromatic heterocycles. The lowest BCUT2D eigenvalue weighted by molar-refractivity contribution is 0.322. The summed E-state index contributed by atoms with van der Waals surface area (Å²) < 4.78 is 0. The van der Waals surface area contributed by atoms with Crippen molar-refractivity contribution in [3.05, 3.63) is 35.5 Å². The molecular formula is C15H18ClN3. The summed E-state index contributed by atoms with van der Waals surface area (Å²) in [6.07, 6.45) is 4.41. The number of hydrogen-bond donors (Lipinski definition) is 1. The van der Waals surface area contributed by atoms with E-state index in [1.54, 1.807) is 0 Å². The number of nitrogens with zero attached hydrogens (tertiary/aromatic N) is 2. The van der Waals surface area contributed by atoms with Crippen molar-refractivity contribution in [1.29, 1.82) is 0 Å². The van der Waals surface area contributed by atoms with Gasteiger partial charge in [0.05, 0.1) is 5.52 Å². The number of likely N-dealkylation sites (N-methyl/N-ethyl adjacent to an activating group) is 1. The fourth-order valence-corrected chi connectivity index (χ4v) is 2.91. The largest absolute Gasteiger partial charge is 0.383 e. The summed E-state index contributed by atoms with van der Waals surface area (Å²) in [6, 6.07) is 8.52. The first-order valence-electron chi connectivity index (χ1n) is 6.72. The highest BCUT2D eigenvalue weighted by atomic mass is 35.5. The van der Waals surface area contributed by atoms with E-state index in [0.29, 0.717) is 6.04 Å². The SMILES string of the molecule is CN1CCC[C@@H]1CNc1ccnc2cc(Cl)ccc12. The molecule has 2 aromatic rings. The number of anilines is 1. The zero-order valence-electron chi connectivity index (χ0n) is 11.1. The topological polar surface area (TPSA) is 28.2 Å². The first-order valence-corrected chi connectivity index (χ1v) is 7.10. The Balaban J connectivity index is 1.81. The molecule has 0 amide bonds. The second-order valence-electron chi connectivity index (χ2n) is 5.18. The number of fused-ring (bicyclic) bond motifs is 1. The van der Waals surface area contributed by atoms with Gasteiger partial charge in [-0.3, -0.25) is 4.98 Å². The van der Waals surface area contributed by atoms with Crippen LogP contribution in [0.25, 0.3) is 10.9 Å². The molecule has 3 rings (SSSR count). The molecule has 0 bridgehead atoms. The normalized spacial score (nSPS) is 20.0. The monoisotopic (exact) mass is 275 g/mol. The highest BCUT2D eigenvalue weighted by Gasteiger charge is 2.20. The van der Waals surface area contributed by atoms with Crippen LogP contribution in [0.2, 0.25) is 5.02 Å². The van der Waals surface area contributed by atoms with Crippen LogP contribution in [-0.4, -0.2) is 36.1 Å². The fourth-order valence-electron chi connectivity index (χ4n) is 2.74. The molecule has 1 saturated heterocycles. The summed E-state index contributed by atoms with van der Waals surface area (Å²) in [7, 11) is 2.20. The van der Waals surface area contributed by atoms with Gasteiger partial charge in [-0.05, 0) is 50.7 Å². The summed E-state index contributed by atoms with van der Waals surface area (Å²) in [4.78, 5) is 6.79. The van der Waals surface area contributed by atoms with Crippen LogP contribution in [0.5, 0.6) is 0 Å². The van der Waals surface area contributed by atoms with E-state index in [-0.39, 0.29) is 0 Å². The zero-order chi connectivity index (χ0) is 13.2. The van der Waals surface area contributed by atoms with Gasteiger partial charge in [0.1, 0.15) is 0 Å². The molecule has 100 valence electrons. The van der Waals surface area contributed by atoms with Crippen molar-refractivity contribution in [1.82, 2.24) is 9.88 Å². The Labute approximate surface area is 118 Å². The van der Waals surface area contributed by atoms with Crippen LogP contribution >= 0.6 is 11.6 Å². The van der Waals surface area contributed by atoms with Gasteiger partial charge in [-0.25, -0.2) is 0 Å². The number of benzene rings is 1. The fraction of sp³-hybridized carbons (Fsp3) is 0.400. The Morgan fingerprint density at radius 3 is 3.11 bits per heavy atom. The number of hydrogen-bond acceptors (Lipinski definition) is 3. The molecule has 1 fully saturated rings. The van der Waals surface area contributed by atoms with Gasteiger partial charge >= 0.3 is 0 Å². The molecule has 0 saturated carbocycles. The number of aromatic nitrogens is 1. The Morgan fingerprint density at radius 2 is 2.32 bits per heavy atom. The third kappa shape index (κ3) is 2.67. The molecule has 0 aliphatic carbocycles. The van der Waals surface area contributed by atoms with Crippen LogP contribution in [0, 0.1) is 0 Å². The van der Waals surface area contributed by atoms with Crippen molar-refractivity contribution in [2.45, 2.75) is 18.9 Å². The van der Waals surface area contributed by atoms with Gasteiger partial charge in [-0.1, -0.05) is 11.6 Å². The highest BCUT2D eigenvalue weighted by Crippen LogP contribution is 2.25. The third-order valence-corrected chi connectivity index (χ3v) is 4.14. The predicted molar refractivity (Wildman–Crippen MR) is 80.9 cm³/mol. The summed E-state index contributed by atoms with van der Waals surface area (Å²) in [5.41, 5.74) is 2.08. The van der Waals surface area contributed by atoms with Crippen LogP contribution in [-0.2, 0) is 0 Å². The van der Waals surface area contributed by atoms with E-state index in [1.807, 2.05) is 30.5 Å². The maximum Gasteiger partial charge on any atom is 0.0737 e. The van der Waals surface area contributed by atoms with Gasteiger partial charge < -0.3 is 10.2 Å². The molecule has 1 aromatic carbocycles. The number of rotatable bonds is 3. The molecule has 1 atom stereocenters. The number of likely N-dealkylation sites (tertiary alicyclic amines) is 1. The third-order valence-electron chi connectivity index (χ3n) is 3.90. The van der Waals surface area contributed by atoms with E-state index < -0.39 is 0 Å². The minimum atomic E-state index is 0.635. The van der Waals surface area contributed by atoms with Crippen LogP contribution in [0.3, 0.4) is 0 Å². The second-order valence-corrected chi connectivity index (χ2v) is 5.61. The van der Waals surface area contributed by atoms with Crippen molar-refractivity contribution in [3.63, 3.8) is 0 Å². The van der Waals surface area contributed by atoms with Gasteiger partial charge in [0.15, 0.2) is 0 Å². The summed E-state index contributed by atoms with van der Waals surface area (Å²) in [5, 5.41) is 5.42. The lowest BCUT2D eigenvalue weighted by Gasteiger charge is -2.20.